The van der Waals surface area contributed by atoms with E-state index < -0.39 is 6.67 Å². The highest BCUT2D eigenvalue weighted by Gasteiger charge is 2.31. The molecule has 1 unspecified atom stereocenters. The molecule has 2 heteroatoms. The van der Waals surface area contributed by atoms with Crippen LogP contribution >= 0.6 is 0 Å². The number of alkyl halides is 1. The Labute approximate surface area is 240 Å². The van der Waals surface area contributed by atoms with Crippen LogP contribution in [0.15, 0.2) is 61.7 Å². The topological polar surface area (TPSA) is 17.1 Å². The molecule has 2 saturated carbocycles. The molecule has 0 heterocycles. The molecule has 3 rings (SSSR count). The van der Waals surface area contributed by atoms with Crippen molar-refractivity contribution in [3.63, 3.8) is 0 Å². The molecule has 0 N–H and O–H groups in total. The summed E-state index contributed by atoms with van der Waals surface area (Å²) in [6, 6.07) is 6.26. The third-order valence-corrected chi connectivity index (χ3v) is 8.53. The van der Waals surface area contributed by atoms with Gasteiger partial charge in [-0.2, -0.15) is 0 Å². The maximum absolute atomic E-state index is 13.3. The number of allylic oxidation sites excluding steroid dienone is 4. The Hall–Kier alpha value is -2.22. The fraction of sp³-hybridized carbons (Fsp3) is 0.595. The average Bonchev–Trinajstić information content (AvgIpc) is 2.95. The summed E-state index contributed by atoms with van der Waals surface area (Å²) in [6.07, 6.45) is 22.4. The van der Waals surface area contributed by atoms with Gasteiger partial charge in [0.05, 0.1) is 0 Å². The Bertz CT molecular complexity index is 913. The number of ketones is 1. The largest absolute Gasteiger partial charge is 0.299 e. The van der Waals surface area contributed by atoms with Crippen LogP contribution in [0.4, 0.5) is 4.39 Å². The number of rotatable bonds is 11. The first kappa shape index (κ1) is 34.8. The van der Waals surface area contributed by atoms with Crippen LogP contribution in [0.25, 0.3) is 6.08 Å². The molecule has 0 amide bonds. The van der Waals surface area contributed by atoms with E-state index in [-0.39, 0.29) is 5.41 Å². The van der Waals surface area contributed by atoms with Crippen LogP contribution in [-0.2, 0) is 11.5 Å². The Kier molecular flexibility index (Phi) is 16.9. The highest BCUT2D eigenvalue weighted by molar-refractivity contribution is 5.87. The molecule has 1 nitrogen and oxygen atoms in total. The molecule has 1 aromatic rings. The minimum absolute atomic E-state index is 0.0822. The lowest BCUT2D eigenvalue weighted by atomic mass is 9.75. The maximum Gasteiger partial charge on any atom is 0.142 e. The monoisotopic (exact) mass is 536 g/mol. The van der Waals surface area contributed by atoms with E-state index >= 15 is 0 Å². The molecule has 0 bridgehead atoms. The normalized spacial score (nSPS) is 21.3. The molecular formula is C37H57FO. The van der Waals surface area contributed by atoms with Gasteiger partial charge in [-0.25, -0.2) is 4.39 Å². The summed E-state index contributed by atoms with van der Waals surface area (Å²) in [5.74, 6) is 2.58. The molecule has 1 aromatic carbocycles. The summed E-state index contributed by atoms with van der Waals surface area (Å²) >= 11 is 0. The fourth-order valence-corrected chi connectivity index (χ4v) is 5.67. The smallest absolute Gasteiger partial charge is 0.142 e. The van der Waals surface area contributed by atoms with Crippen molar-refractivity contribution in [3.05, 3.63) is 78.4 Å². The van der Waals surface area contributed by atoms with Crippen LogP contribution in [0.5, 0.6) is 0 Å². The molecule has 2 aliphatic carbocycles. The van der Waals surface area contributed by atoms with Gasteiger partial charge in [-0.05, 0) is 92.2 Å². The number of carbonyl (C=O) groups excluding carboxylic acids is 1. The van der Waals surface area contributed by atoms with Gasteiger partial charge in [-0.3, -0.25) is 4.79 Å². The molecule has 2 fully saturated rings. The molecule has 0 radical (unpaired) electrons. The second-order valence-corrected chi connectivity index (χ2v) is 11.8. The SMILES string of the molecule is C=C1CCC(C)(C)C(=O)C1.C=CCC=CC1CCC(CCCC(CC)c2ccc(C=C)c(CF)c2)CC1.CC. The zero-order valence-corrected chi connectivity index (χ0v) is 25.9. The van der Waals surface area contributed by atoms with Crippen molar-refractivity contribution in [3.8, 4) is 0 Å². The van der Waals surface area contributed by atoms with Crippen molar-refractivity contribution in [2.45, 2.75) is 124 Å². The summed E-state index contributed by atoms with van der Waals surface area (Å²) < 4.78 is 13.3. The summed E-state index contributed by atoms with van der Waals surface area (Å²) in [6.45, 7) is 21.2. The first-order chi connectivity index (χ1) is 18.7. The second-order valence-electron chi connectivity index (χ2n) is 11.8. The molecule has 0 aliphatic heterocycles. The van der Waals surface area contributed by atoms with Gasteiger partial charge in [0, 0.05) is 11.8 Å². The van der Waals surface area contributed by atoms with Crippen molar-refractivity contribution in [1.82, 2.24) is 0 Å². The van der Waals surface area contributed by atoms with Gasteiger partial charge in [0.2, 0.25) is 0 Å². The molecule has 218 valence electrons. The molecule has 0 saturated heterocycles. The van der Waals surface area contributed by atoms with E-state index in [0.717, 1.165) is 54.2 Å². The fourth-order valence-electron chi connectivity index (χ4n) is 5.67. The standard InChI is InChI=1S/C26H37F.C9H14O.C2H6/c1-4-7-8-10-21-13-15-22(16-14-21)11-9-12-23(5-2)25-18-17-24(6-3)26(19-25)20-27;1-7-4-5-9(2,3)8(10)6-7;1-2/h4,6,8,10,17-19,21-23H,1,3,5,7,9,11-16,20H2,2H3;1,4-6H2,2-3H3;1-2H3. The van der Waals surface area contributed by atoms with Crippen molar-refractivity contribution in [1.29, 1.82) is 0 Å². The highest BCUT2D eigenvalue weighted by atomic mass is 19.1. The lowest BCUT2D eigenvalue weighted by Crippen LogP contribution is -2.28. The van der Waals surface area contributed by atoms with Crippen LogP contribution in [0.3, 0.4) is 0 Å². The van der Waals surface area contributed by atoms with Crippen molar-refractivity contribution < 1.29 is 9.18 Å². The first-order valence-electron chi connectivity index (χ1n) is 15.5. The van der Waals surface area contributed by atoms with Gasteiger partial charge in [0.15, 0.2) is 0 Å². The van der Waals surface area contributed by atoms with Crippen LogP contribution in [0.1, 0.15) is 134 Å². The maximum atomic E-state index is 13.3. The molecule has 2 aliphatic rings. The van der Waals surface area contributed by atoms with E-state index in [4.69, 9.17) is 0 Å². The summed E-state index contributed by atoms with van der Waals surface area (Å²) in [5, 5.41) is 0. The van der Waals surface area contributed by atoms with E-state index in [9.17, 15) is 9.18 Å². The van der Waals surface area contributed by atoms with E-state index in [2.05, 4.69) is 50.9 Å². The predicted octanol–water partition coefficient (Wildman–Crippen LogP) is 11.7. The third-order valence-electron chi connectivity index (χ3n) is 8.53. The lowest BCUT2D eigenvalue weighted by molar-refractivity contribution is -0.127. The number of halogens is 1. The van der Waals surface area contributed by atoms with E-state index in [1.807, 2.05) is 39.8 Å². The molecule has 39 heavy (non-hydrogen) atoms. The minimum atomic E-state index is -0.407. The van der Waals surface area contributed by atoms with Gasteiger partial charge >= 0.3 is 0 Å². The lowest BCUT2D eigenvalue weighted by Gasteiger charge is -2.28. The van der Waals surface area contributed by atoms with Gasteiger partial charge < -0.3 is 0 Å². The minimum Gasteiger partial charge on any atom is -0.299 e. The molecule has 0 spiro atoms. The Morgan fingerprint density at radius 1 is 1.13 bits per heavy atom. The van der Waals surface area contributed by atoms with Crippen molar-refractivity contribution in [2.75, 3.05) is 0 Å². The average molecular weight is 537 g/mol. The van der Waals surface area contributed by atoms with Crippen LogP contribution < -0.4 is 0 Å². The van der Waals surface area contributed by atoms with Crippen LogP contribution in [0.2, 0.25) is 0 Å². The number of Topliss-reactive ketones (excluding diaryl/α,β-unsaturated/α-hetero) is 1. The number of carbonyl (C=O) groups is 1. The van der Waals surface area contributed by atoms with E-state index in [1.165, 1.54) is 50.5 Å². The van der Waals surface area contributed by atoms with Crippen LogP contribution in [-0.4, -0.2) is 5.78 Å². The summed E-state index contributed by atoms with van der Waals surface area (Å²) in [5.41, 5.74) is 4.02. The summed E-state index contributed by atoms with van der Waals surface area (Å²) in [7, 11) is 0. The quantitative estimate of drug-likeness (QED) is 0.257. The first-order valence-corrected chi connectivity index (χ1v) is 15.5. The van der Waals surface area contributed by atoms with Gasteiger partial charge in [-0.15, -0.1) is 6.58 Å². The highest BCUT2D eigenvalue weighted by Crippen LogP contribution is 2.35. The summed E-state index contributed by atoms with van der Waals surface area (Å²) in [4.78, 5) is 11.3. The zero-order chi connectivity index (χ0) is 29.3. The Morgan fingerprint density at radius 3 is 2.36 bits per heavy atom. The van der Waals surface area contributed by atoms with E-state index in [0.29, 0.717) is 18.1 Å². The van der Waals surface area contributed by atoms with Gasteiger partial charge in [-0.1, -0.05) is 109 Å². The third kappa shape index (κ3) is 12.2. The number of benzene rings is 1. The molecule has 1 atom stereocenters. The number of hydrogen-bond donors (Lipinski definition) is 0. The van der Waals surface area contributed by atoms with Crippen molar-refractivity contribution >= 4 is 11.9 Å². The Balaban J connectivity index is 0.000000528. The molecular weight excluding hydrogens is 479 g/mol. The number of hydrogen-bond acceptors (Lipinski definition) is 1. The second kappa shape index (κ2) is 19.0. The molecule has 0 aromatic heterocycles. The van der Waals surface area contributed by atoms with Gasteiger partial charge in [0.1, 0.15) is 12.5 Å². The predicted molar refractivity (Wildman–Crippen MR) is 171 cm³/mol. The van der Waals surface area contributed by atoms with Crippen molar-refractivity contribution in [2.24, 2.45) is 17.3 Å². The van der Waals surface area contributed by atoms with E-state index in [1.54, 1.807) is 6.08 Å². The van der Waals surface area contributed by atoms with Crippen LogP contribution in [0, 0.1) is 17.3 Å². The van der Waals surface area contributed by atoms with Gasteiger partial charge in [0.25, 0.3) is 0 Å². The zero-order valence-electron chi connectivity index (χ0n) is 25.9. The Morgan fingerprint density at radius 2 is 1.82 bits per heavy atom.